The monoisotopic (exact) mass is 834 g/mol. The number of para-hydroxylation sites is 2. The minimum absolute atomic E-state index is 0.284. The maximum absolute atomic E-state index is 7.04. The van der Waals surface area contributed by atoms with Crippen LogP contribution in [-0.2, 0) is 5.41 Å². The number of aromatic nitrogens is 3. The summed E-state index contributed by atoms with van der Waals surface area (Å²) in [4.78, 5) is 17.5. The molecule has 11 aromatic rings. The highest BCUT2D eigenvalue weighted by Crippen LogP contribution is 2.54. The predicted molar refractivity (Wildman–Crippen MR) is 267 cm³/mol. The van der Waals surface area contributed by atoms with Gasteiger partial charge in [0, 0.05) is 38.6 Å². The van der Waals surface area contributed by atoms with Crippen LogP contribution in [-0.4, -0.2) is 15.0 Å². The van der Waals surface area contributed by atoms with Crippen molar-refractivity contribution < 1.29 is 4.42 Å². The highest BCUT2D eigenvalue weighted by Gasteiger charge is 2.37. The average molecular weight is 835 g/mol. The van der Waals surface area contributed by atoms with Gasteiger partial charge in [-0.25, -0.2) is 15.0 Å². The van der Waals surface area contributed by atoms with Gasteiger partial charge in [0.2, 0.25) is 0 Å². The van der Waals surface area contributed by atoms with Gasteiger partial charge < -0.3 is 9.32 Å². The van der Waals surface area contributed by atoms with Gasteiger partial charge in [-0.2, -0.15) is 0 Å². The molecule has 0 saturated carbocycles. The minimum atomic E-state index is -0.284. The third-order valence-corrected chi connectivity index (χ3v) is 12.9. The van der Waals surface area contributed by atoms with E-state index < -0.39 is 0 Å². The maximum atomic E-state index is 7.04. The van der Waals surface area contributed by atoms with Gasteiger partial charge in [0.05, 0.1) is 16.9 Å². The van der Waals surface area contributed by atoms with E-state index in [4.69, 9.17) is 19.4 Å². The lowest BCUT2D eigenvalue weighted by atomic mass is 9.72. The van der Waals surface area contributed by atoms with Gasteiger partial charge in [0.1, 0.15) is 11.2 Å². The second-order valence-electron chi connectivity index (χ2n) is 17.2. The fraction of sp³-hybridized carbons (Fsp3) is 0.0500. The molecule has 9 aromatic carbocycles. The van der Waals surface area contributed by atoms with Gasteiger partial charge in [0.25, 0.3) is 0 Å². The summed E-state index contributed by atoms with van der Waals surface area (Å²) >= 11 is 0. The maximum Gasteiger partial charge on any atom is 0.167 e. The number of furan rings is 1. The Hall–Kier alpha value is -8.41. The van der Waals surface area contributed by atoms with Gasteiger partial charge in [-0.05, 0) is 81.4 Å². The smallest absolute Gasteiger partial charge is 0.167 e. The lowest BCUT2D eigenvalue weighted by Crippen LogP contribution is -2.30. The summed E-state index contributed by atoms with van der Waals surface area (Å²) in [5.41, 5.74) is 16.7. The van der Waals surface area contributed by atoms with E-state index in [2.05, 4.69) is 170 Å². The van der Waals surface area contributed by atoms with Gasteiger partial charge >= 0.3 is 0 Å². The van der Waals surface area contributed by atoms with E-state index in [9.17, 15) is 0 Å². The van der Waals surface area contributed by atoms with Crippen LogP contribution in [0.2, 0.25) is 0 Å². The van der Waals surface area contributed by atoms with Crippen molar-refractivity contribution in [1.82, 2.24) is 15.0 Å². The van der Waals surface area contributed by atoms with Crippen LogP contribution in [0.15, 0.2) is 223 Å². The molecule has 5 nitrogen and oxygen atoms in total. The van der Waals surface area contributed by atoms with E-state index in [0.717, 1.165) is 55.4 Å². The number of benzene rings is 9. The molecule has 1 aliphatic heterocycles. The lowest BCUT2D eigenvalue weighted by molar-refractivity contribution is 0.632. The largest absolute Gasteiger partial charge is 0.455 e. The fourth-order valence-corrected chi connectivity index (χ4v) is 9.60. The molecular formula is C60H42N4O. The van der Waals surface area contributed by atoms with Gasteiger partial charge in [0.15, 0.2) is 17.5 Å². The van der Waals surface area contributed by atoms with Crippen LogP contribution in [0.1, 0.15) is 25.0 Å². The fourth-order valence-electron chi connectivity index (χ4n) is 9.60. The first-order valence-corrected chi connectivity index (χ1v) is 22.1. The zero-order valence-corrected chi connectivity index (χ0v) is 36.0. The summed E-state index contributed by atoms with van der Waals surface area (Å²) in [5.74, 6) is 1.77. The topological polar surface area (TPSA) is 55.1 Å². The van der Waals surface area contributed by atoms with Gasteiger partial charge in [-0.3, -0.25) is 0 Å². The number of hydrogen-bond acceptors (Lipinski definition) is 5. The second kappa shape index (κ2) is 15.4. The first kappa shape index (κ1) is 38.3. The Bertz CT molecular complexity index is 3410. The Morgan fingerprint density at radius 1 is 0.354 bits per heavy atom. The summed E-state index contributed by atoms with van der Waals surface area (Å²) in [6.45, 7) is 4.72. The number of nitrogens with zero attached hydrogens (tertiary/aromatic N) is 4. The Balaban J connectivity index is 1.01. The van der Waals surface area contributed by atoms with E-state index in [1.807, 2.05) is 66.7 Å². The standard InChI is InChI=1S/C60H42N4O/c1-60(2)51-37-43(39-18-7-3-8-19-39)32-34-53(51)64(54-35-33-44(38-52(54)60)40-20-9-4-10-21-40)46-27-15-26-45(36-46)47-28-16-29-48-49-30-17-31-50(56(49)65-55(47)48)59-62-57(41-22-11-5-12-23-41)61-58(63-59)42-24-13-6-14-25-42/h3-38H,1-2H3. The van der Waals surface area contributed by atoms with Crippen molar-refractivity contribution in [2.75, 3.05) is 4.90 Å². The molecule has 2 aromatic heterocycles. The van der Waals surface area contributed by atoms with Crippen molar-refractivity contribution >= 4 is 39.0 Å². The SMILES string of the molecule is CC1(C)c2cc(-c3ccccc3)ccc2N(c2cccc(-c3cccc4c3oc3c(-c5nc(-c6ccccc6)nc(-c6ccccc6)n5)cccc34)c2)c2ccc(-c3ccccc3)cc21. The number of rotatable bonds is 7. The van der Waals surface area contributed by atoms with E-state index in [-0.39, 0.29) is 5.41 Å². The molecule has 0 bridgehead atoms. The minimum Gasteiger partial charge on any atom is -0.455 e. The van der Waals surface area contributed by atoms with Crippen molar-refractivity contribution in [3.05, 3.63) is 230 Å². The van der Waals surface area contributed by atoms with Gasteiger partial charge in [-0.1, -0.05) is 190 Å². The molecular weight excluding hydrogens is 793 g/mol. The number of anilines is 3. The Morgan fingerprint density at radius 3 is 1.31 bits per heavy atom. The van der Waals surface area contributed by atoms with Crippen LogP contribution >= 0.6 is 0 Å². The van der Waals surface area contributed by atoms with Crippen LogP contribution in [0.3, 0.4) is 0 Å². The molecule has 65 heavy (non-hydrogen) atoms. The molecule has 0 fully saturated rings. The van der Waals surface area contributed by atoms with Crippen LogP contribution in [0.5, 0.6) is 0 Å². The number of hydrogen-bond donors (Lipinski definition) is 0. The molecule has 5 heteroatoms. The third kappa shape index (κ3) is 6.59. The molecule has 0 saturated heterocycles. The van der Waals surface area contributed by atoms with Crippen molar-refractivity contribution in [3.8, 4) is 67.5 Å². The Morgan fingerprint density at radius 2 is 0.785 bits per heavy atom. The molecule has 308 valence electrons. The molecule has 1 aliphatic rings. The highest BCUT2D eigenvalue weighted by molar-refractivity contribution is 6.13. The molecule has 3 heterocycles. The Labute approximate surface area is 378 Å². The molecule has 0 aliphatic carbocycles. The predicted octanol–water partition coefficient (Wildman–Crippen LogP) is 15.9. The second-order valence-corrected chi connectivity index (χ2v) is 17.2. The average Bonchev–Trinajstić information content (AvgIpc) is 3.77. The van der Waals surface area contributed by atoms with E-state index in [0.29, 0.717) is 17.5 Å². The molecule has 12 rings (SSSR count). The van der Waals surface area contributed by atoms with Crippen LogP contribution in [0, 0.1) is 0 Å². The molecule has 0 atom stereocenters. The summed E-state index contributed by atoms with van der Waals surface area (Å²) < 4.78 is 7.04. The van der Waals surface area contributed by atoms with Crippen molar-refractivity contribution in [1.29, 1.82) is 0 Å². The van der Waals surface area contributed by atoms with Crippen molar-refractivity contribution in [2.45, 2.75) is 19.3 Å². The zero-order valence-electron chi connectivity index (χ0n) is 36.0. The van der Waals surface area contributed by atoms with Crippen LogP contribution in [0.25, 0.3) is 89.5 Å². The zero-order chi connectivity index (χ0) is 43.5. The first-order valence-electron chi connectivity index (χ1n) is 22.1. The molecule has 0 radical (unpaired) electrons. The van der Waals surface area contributed by atoms with E-state index in [1.165, 1.54) is 44.8 Å². The van der Waals surface area contributed by atoms with Crippen molar-refractivity contribution in [2.24, 2.45) is 0 Å². The summed E-state index contributed by atoms with van der Waals surface area (Å²) in [5, 5.41) is 2.03. The normalized spacial score (nSPS) is 12.9. The Kier molecular flexibility index (Phi) is 9.09. The summed E-state index contributed by atoms with van der Waals surface area (Å²) in [6, 6.07) is 76.9. The third-order valence-electron chi connectivity index (χ3n) is 12.9. The summed E-state index contributed by atoms with van der Waals surface area (Å²) in [7, 11) is 0. The van der Waals surface area contributed by atoms with Crippen LogP contribution < -0.4 is 4.90 Å². The molecule has 0 N–H and O–H groups in total. The van der Waals surface area contributed by atoms with E-state index in [1.54, 1.807) is 0 Å². The first-order chi connectivity index (χ1) is 32.0. The number of fused-ring (bicyclic) bond motifs is 5. The highest BCUT2D eigenvalue weighted by atomic mass is 16.3. The molecule has 0 spiro atoms. The molecule has 0 unspecified atom stereocenters. The lowest BCUT2D eigenvalue weighted by Gasteiger charge is -2.42. The van der Waals surface area contributed by atoms with Crippen molar-refractivity contribution in [3.63, 3.8) is 0 Å². The van der Waals surface area contributed by atoms with E-state index >= 15 is 0 Å². The summed E-state index contributed by atoms with van der Waals surface area (Å²) in [6.07, 6.45) is 0. The van der Waals surface area contributed by atoms with Gasteiger partial charge in [-0.15, -0.1) is 0 Å². The quantitative estimate of drug-likeness (QED) is 0.160. The molecule has 0 amide bonds. The van der Waals surface area contributed by atoms with Crippen LogP contribution in [0.4, 0.5) is 17.1 Å².